The van der Waals surface area contributed by atoms with Gasteiger partial charge in [0, 0.05) is 23.5 Å². The fraction of sp³-hybridized carbons (Fsp3) is 0.235. The summed E-state index contributed by atoms with van der Waals surface area (Å²) in [5.74, 6) is -0.151. The Morgan fingerprint density at radius 3 is 2.96 bits per heavy atom. The molecule has 2 heterocycles. The number of carbonyl (C=O) groups is 1. The van der Waals surface area contributed by atoms with Gasteiger partial charge >= 0.3 is 0 Å². The smallest absolute Gasteiger partial charge is 0.272 e. The first kappa shape index (κ1) is 14.2. The minimum atomic E-state index is -0.151. The van der Waals surface area contributed by atoms with Crippen LogP contribution in [0.3, 0.4) is 0 Å². The van der Waals surface area contributed by atoms with Gasteiger partial charge in [0.15, 0.2) is 11.3 Å². The highest BCUT2D eigenvalue weighted by Crippen LogP contribution is 2.32. The lowest BCUT2D eigenvalue weighted by Crippen LogP contribution is -2.26. The summed E-state index contributed by atoms with van der Waals surface area (Å²) in [5, 5.41) is 8.11. The summed E-state index contributed by atoms with van der Waals surface area (Å²) in [6, 6.07) is 7.68. The highest BCUT2D eigenvalue weighted by Gasteiger charge is 2.28. The molecule has 1 fully saturated rings. The molecule has 0 atom stereocenters. The SMILES string of the molecule is Cc1cc(Cl)ccc1-c1c(C(=O)NC2CC2)nn2cccnc12. The molecule has 3 aromatic rings. The molecule has 1 N–H and O–H groups in total. The molecular formula is C17H15ClN4O. The summed E-state index contributed by atoms with van der Waals surface area (Å²) in [4.78, 5) is 17.0. The number of carbonyl (C=O) groups excluding carboxylic acids is 1. The molecule has 0 bridgehead atoms. The van der Waals surface area contributed by atoms with Gasteiger partial charge in [0.1, 0.15) is 0 Å². The monoisotopic (exact) mass is 326 g/mol. The zero-order valence-electron chi connectivity index (χ0n) is 12.6. The van der Waals surface area contributed by atoms with Gasteiger partial charge in [-0.1, -0.05) is 17.7 Å². The number of fused-ring (bicyclic) bond motifs is 1. The van der Waals surface area contributed by atoms with Crippen LogP contribution in [0.5, 0.6) is 0 Å². The van der Waals surface area contributed by atoms with Crippen LogP contribution in [0.15, 0.2) is 36.7 Å². The number of nitrogens with zero attached hydrogens (tertiary/aromatic N) is 3. The Kier molecular flexibility index (Phi) is 3.31. The van der Waals surface area contributed by atoms with E-state index in [9.17, 15) is 4.79 Å². The standard InChI is InChI=1S/C17H15ClN4O/c1-10-9-11(18)3-6-13(10)14-15(17(23)20-12-4-5-12)21-22-8-2-7-19-16(14)22/h2-3,6-9,12H,4-5H2,1H3,(H,20,23). The molecule has 6 heteroatoms. The second-order valence-electron chi connectivity index (χ2n) is 5.82. The summed E-state index contributed by atoms with van der Waals surface area (Å²) in [6.45, 7) is 1.97. The molecule has 5 nitrogen and oxygen atoms in total. The van der Waals surface area contributed by atoms with Gasteiger partial charge in [-0.2, -0.15) is 5.10 Å². The second kappa shape index (κ2) is 5.35. The zero-order valence-corrected chi connectivity index (χ0v) is 13.3. The van der Waals surface area contributed by atoms with E-state index in [4.69, 9.17) is 11.6 Å². The number of amides is 1. The van der Waals surface area contributed by atoms with Crippen molar-refractivity contribution >= 4 is 23.2 Å². The quantitative estimate of drug-likeness (QED) is 0.803. The Hall–Kier alpha value is -2.40. The molecule has 0 aliphatic heterocycles. The van der Waals surface area contributed by atoms with Gasteiger partial charge in [0.2, 0.25) is 0 Å². The van der Waals surface area contributed by atoms with Crippen molar-refractivity contribution in [3.63, 3.8) is 0 Å². The van der Waals surface area contributed by atoms with Crippen molar-refractivity contribution in [2.75, 3.05) is 0 Å². The first-order chi connectivity index (χ1) is 11.1. The van der Waals surface area contributed by atoms with Gasteiger partial charge in [-0.25, -0.2) is 9.50 Å². The van der Waals surface area contributed by atoms with Crippen molar-refractivity contribution in [1.29, 1.82) is 0 Å². The Morgan fingerprint density at radius 1 is 1.39 bits per heavy atom. The molecule has 23 heavy (non-hydrogen) atoms. The number of halogens is 1. The molecule has 116 valence electrons. The average molecular weight is 327 g/mol. The fourth-order valence-electron chi connectivity index (χ4n) is 2.68. The minimum Gasteiger partial charge on any atom is -0.348 e. The van der Waals surface area contributed by atoms with Crippen LogP contribution in [-0.2, 0) is 0 Å². The van der Waals surface area contributed by atoms with E-state index in [1.165, 1.54) is 0 Å². The van der Waals surface area contributed by atoms with Crippen LogP contribution in [-0.4, -0.2) is 26.5 Å². The van der Waals surface area contributed by atoms with E-state index < -0.39 is 0 Å². The van der Waals surface area contributed by atoms with Crippen molar-refractivity contribution in [3.8, 4) is 11.1 Å². The van der Waals surface area contributed by atoms with Crippen molar-refractivity contribution < 1.29 is 4.79 Å². The molecule has 2 aromatic heterocycles. The Labute approximate surface area is 138 Å². The van der Waals surface area contributed by atoms with E-state index in [1.54, 1.807) is 23.0 Å². The van der Waals surface area contributed by atoms with Crippen molar-refractivity contribution in [3.05, 3.63) is 52.9 Å². The third-order valence-electron chi connectivity index (χ3n) is 3.98. The predicted octanol–water partition coefficient (Wildman–Crippen LogP) is 3.25. The van der Waals surface area contributed by atoms with Crippen LogP contribution in [0.25, 0.3) is 16.8 Å². The molecule has 1 aliphatic carbocycles. The van der Waals surface area contributed by atoms with Crippen LogP contribution in [0.2, 0.25) is 5.02 Å². The van der Waals surface area contributed by atoms with Gasteiger partial charge in [-0.15, -0.1) is 0 Å². The molecule has 1 aromatic carbocycles. The van der Waals surface area contributed by atoms with Crippen LogP contribution < -0.4 is 5.32 Å². The first-order valence-corrected chi connectivity index (χ1v) is 7.92. The Morgan fingerprint density at radius 2 is 2.22 bits per heavy atom. The number of nitrogens with one attached hydrogen (secondary N) is 1. The molecule has 0 spiro atoms. The van der Waals surface area contributed by atoms with E-state index in [-0.39, 0.29) is 11.9 Å². The highest BCUT2D eigenvalue weighted by molar-refractivity contribution is 6.30. The minimum absolute atomic E-state index is 0.151. The summed E-state index contributed by atoms with van der Waals surface area (Å²) in [6.07, 6.45) is 5.57. The third kappa shape index (κ3) is 2.57. The van der Waals surface area contributed by atoms with Crippen molar-refractivity contribution in [1.82, 2.24) is 19.9 Å². The molecule has 1 amide bonds. The molecular weight excluding hydrogens is 312 g/mol. The van der Waals surface area contributed by atoms with E-state index in [1.807, 2.05) is 25.1 Å². The highest BCUT2D eigenvalue weighted by atomic mass is 35.5. The normalized spacial score (nSPS) is 14.2. The number of benzene rings is 1. The van der Waals surface area contributed by atoms with Gasteiger partial charge in [0.25, 0.3) is 5.91 Å². The topological polar surface area (TPSA) is 59.3 Å². The Balaban J connectivity index is 1.93. The van der Waals surface area contributed by atoms with E-state index in [0.29, 0.717) is 16.4 Å². The molecule has 1 aliphatic rings. The summed E-state index contributed by atoms with van der Waals surface area (Å²) < 4.78 is 1.64. The summed E-state index contributed by atoms with van der Waals surface area (Å²) in [7, 11) is 0. The number of rotatable bonds is 3. The fourth-order valence-corrected chi connectivity index (χ4v) is 2.91. The average Bonchev–Trinajstić information content (AvgIpc) is 3.25. The number of aryl methyl sites for hydroxylation is 1. The van der Waals surface area contributed by atoms with Crippen LogP contribution in [0.1, 0.15) is 28.9 Å². The maximum atomic E-state index is 12.6. The maximum absolute atomic E-state index is 12.6. The lowest BCUT2D eigenvalue weighted by molar-refractivity contribution is 0.0946. The lowest BCUT2D eigenvalue weighted by Gasteiger charge is -2.07. The largest absolute Gasteiger partial charge is 0.348 e. The van der Waals surface area contributed by atoms with Gasteiger partial charge in [-0.3, -0.25) is 4.79 Å². The first-order valence-electron chi connectivity index (χ1n) is 7.54. The van der Waals surface area contributed by atoms with Gasteiger partial charge in [-0.05, 0) is 49.1 Å². The van der Waals surface area contributed by atoms with E-state index >= 15 is 0 Å². The van der Waals surface area contributed by atoms with Gasteiger partial charge in [0.05, 0.1) is 5.56 Å². The molecule has 0 saturated heterocycles. The lowest BCUT2D eigenvalue weighted by atomic mass is 10.00. The number of hydrogen-bond acceptors (Lipinski definition) is 3. The van der Waals surface area contributed by atoms with E-state index in [0.717, 1.165) is 29.5 Å². The molecule has 1 saturated carbocycles. The Bertz CT molecular complexity index is 914. The van der Waals surface area contributed by atoms with Crippen molar-refractivity contribution in [2.24, 2.45) is 0 Å². The number of aromatic nitrogens is 3. The third-order valence-corrected chi connectivity index (χ3v) is 4.22. The molecule has 0 unspecified atom stereocenters. The van der Waals surface area contributed by atoms with Crippen LogP contribution >= 0.6 is 11.6 Å². The molecule has 0 radical (unpaired) electrons. The number of hydrogen-bond donors (Lipinski definition) is 1. The van der Waals surface area contributed by atoms with E-state index in [2.05, 4.69) is 15.4 Å². The molecule has 4 rings (SSSR count). The van der Waals surface area contributed by atoms with Crippen LogP contribution in [0, 0.1) is 6.92 Å². The summed E-state index contributed by atoms with van der Waals surface area (Å²) in [5.41, 5.74) is 3.72. The van der Waals surface area contributed by atoms with Gasteiger partial charge < -0.3 is 5.32 Å². The summed E-state index contributed by atoms with van der Waals surface area (Å²) >= 11 is 6.06. The zero-order chi connectivity index (χ0) is 16.0. The maximum Gasteiger partial charge on any atom is 0.272 e. The van der Waals surface area contributed by atoms with Crippen molar-refractivity contribution in [2.45, 2.75) is 25.8 Å². The van der Waals surface area contributed by atoms with Crippen LogP contribution in [0.4, 0.5) is 0 Å². The predicted molar refractivity (Wildman–Crippen MR) is 88.7 cm³/mol. The second-order valence-corrected chi connectivity index (χ2v) is 6.25.